The molecule has 0 aliphatic carbocycles. The molecule has 0 amide bonds. The van der Waals surface area contributed by atoms with Crippen molar-refractivity contribution in [3.63, 3.8) is 0 Å². The van der Waals surface area contributed by atoms with Gasteiger partial charge in [-0.05, 0) is 53.7 Å². The van der Waals surface area contributed by atoms with Crippen LogP contribution < -0.4 is 9.47 Å². The van der Waals surface area contributed by atoms with Crippen molar-refractivity contribution >= 4 is 24.1 Å². The van der Waals surface area contributed by atoms with Crippen LogP contribution in [0.2, 0.25) is 0 Å². The maximum atomic E-state index is 10.7. The van der Waals surface area contributed by atoms with Gasteiger partial charge in [0.05, 0.1) is 18.2 Å². The first-order valence-corrected chi connectivity index (χ1v) is 9.17. The normalized spacial score (nSPS) is 11.0. The van der Waals surface area contributed by atoms with Gasteiger partial charge in [-0.2, -0.15) is 14.9 Å². The Balaban J connectivity index is 1.73. The third-order valence-corrected chi connectivity index (χ3v) is 4.35. The van der Waals surface area contributed by atoms with Crippen molar-refractivity contribution < 1.29 is 14.4 Å². The van der Waals surface area contributed by atoms with E-state index in [2.05, 4.69) is 15.3 Å². The van der Waals surface area contributed by atoms with Crippen LogP contribution in [0.1, 0.15) is 23.9 Å². The fraction of sp³-hybridized carbons (Fsp3) is 0.211. The van der Waals surface area contributed by atoms with Crippen molar-refractivity contribution in [3.05, 3.63) is 74.3 Å². The van der Waals surface area contributed by atoms with Crippen LogP contribution in [0.3, 0.4) is 0 Å². The van der Waals surface area contributed by atoms with Gasteiger partial charge in [0.1, 0.15) is 6.61 Å². The molecule has 150 valence electrons. The summed E-state index contributed by atoms with van der Waals surface area (Å²) in [7, 11) is 1.55. The lowest BCUT2D eigenvalue weighted by Crippen LogP contribution is -2.00. The Morgan fingerprint density at radius 2 is 2.03 bits per heavy atom. The van der Waals surface area contributed by atoms with Crippen molar-refractivity contribution in [2.24, 2.45) is 5.10 Å². The number of ether oxygens (including phenoxy) is 2. The smallest absolute Gasteiger partial charge is 0.269 e. The molecule has 29 heavy (non-hydrogen) atoms. The third-order valence-electron chi connectivity index (χ3n) is 4.09. The molecule has 1 heterocycles. The zero-order valence-corrected chi connectivity index (χ0v) is 16.7. The van der Waals surface area contributed by atoms with Crippen LogP contribution in [0.25, 0.3) is 0 Å². The first-order chi connectivity index (χ1) is 14.0. The molecule has 1 aromatic heterocycles. The fourth-order valence-electron chi connectivity index (χ4n) is 2.56. The molecule has 0 spiro atoms. The van der Waals surface area contributed by atoms with Gasteiger partial charge in [-0.1, -0.05) is 6.92 Å². The Hall–Kier alpha value is -3.53. The van der Waals surface area contributed by atoms with Crippen molar-refractivity contribution in [2.75, 3.05) is 7.11 Å². The molecule has 0 saturated heterocycles. The summed E-state index contributed by atoms with van der Waals surface area (Å²) in [4.78, 5) is 10.3. The molecular formula is C19H19N5O4S. The predicted molar refractivity (Wildman–Crippen MR) is 110 cm³/mol. The van der Waals surface area contributed by atoms with E-state index in [4.69, 9.17) is 21.7 Å². The second kappa shape index (κ2) is 9.11. The number of non-ortho nitro benzene ring substituents is 1. The number of nitrogens with one attached hydrogen (secondary N) is 1. The van der Waals surface area contributed by atoms with Crippen LogP contribution in [0, 0.1) is 14.9 Å². The monoisotopic (exact) mass is 413 g/mol. The van der Waals surface area contributed by atoms with E-state index in [0.717, 1.165) is 17.0 Å². The Labute approximate surface area is 171 Å². The van der Waals surface area contributed by atoms with E-state index in [-0.39, 0.29) is 12.3 Å². The van der Waals surface area contributed by atoms with E-state index < -0.39 is 4.92 Å². The number of methoxy groups -OCH3 is 1. The Bertz CT molecular complexity index is 1090. The topological polar surface area (TPSA) is 108 Å². The highest BCUT2D eigenvalue weighted by Gasteiger charge is 2.08. The van der Waals surface area contributed by atoms with Crippen LogP contribution in [-0.4, -0.2) is 33.1 Å². The summed E-state index contributed by atoms with van der Waals surface area (Å²) >= 11 is 5.18. The fourth-order valence-corrected chi connectivity index (χ4v) is 2.75. The molecule has 3 rings (SSSR count). The third kappa shape index (κ3) is 4.85. The van der Waals surface area contributed by atoms with Crippen molar-refractivity contribution in [1.82, 2.24) is 14.9 Å². The van der Waals surface area contributed by atoms with Crippen LogP contribution in [-0.2, 0) is 13.0 Å². The Morgan fingerprint density at radius 1 is 1.28 bits per heavy atom. The number of H-pyrrole nitrogens is 1. The van der Waals surface area contributed by atoms with E-state index in [1.165, 1.54) is 12.1 Å². The number of rotatable bonds is 8. The SMILES string of the molecule is CCc1n[nH]c(=S)n1/N=C\c1ccc(OCc2ccc([N+](=O)[O-])cc2)c(OC)c1. The van der Waals surface area contributed by atoms with Crippen LogP contribution in [0.4, 0.5) is 5.69 Å². The van der Waals surface area contributed by atoms with E-state index >= 15 is 0 Å². The molecule has 0 atom stereocenters. The van der Waals surface area contributed by atoms with Crippen molar-refractivity contribution in [1.29, 1.82) is 0 Å². The maximum Gasteiger partial charge on any atom is 0.269 e. The Kier molecular flexibility index (Phi) is 6.35. The molecule has 2 aromatic carbocycles. The molecule has 0 aliphatic heterocycles. The zero-order valence-electron chi connectivity index (χ0n) is 15.9. The molecule has 3 aromatic rings. The van der Waals surface area contributed by atoms with Crippen LogP contribution >= 0.6 is 12.2 Å². The lowest BCUT2D eigenvalue weighted by Gasteiger charge is -2.11. The number of aryl methyl sites for hydroxylation is 1. The van der Waals surface area contributed by atoms with E-state index in [1.54, 1.807) is 42.3 Å². The first-order valence-electron chi connectivity index (χ1n) is 8.76. The summed E-state index contributed by atoms with van der Waals surface area (Å²) in [6.07, 6.45) is 2.36. The minimum absolute atomic E-state index is 0.0407. The van der Waals surface area contributed by atoms with Crippen LogP contribution in [0.15, 0.2) is 47.6 Å². The van der Waals surface area contributed by atoms with Gasteiger partial charge in [-0.3, -0.25) is 15.2 Å². The van der Waals surface area contributed by atoms with E-state index in [9.17, 15) is 10.1 Å². The second-order valence-corrected chi connectivity index (χ2v) is 6.36. The lowest BCUT2D eigenvalue weighted by atomic mass is 10.2. The molecule has 0 fully saturated rings. The molecule has 0 radical (unpaired) electrons. The predicted octanol–water partition coefficient (Wildman–Crippen LogP) is 3.88. The first kappa shape index (κ1) is 20.2. The summed E-state index contributed by atoms with van der Waals surface area (Å²) in [5, 5.41) is 21.9. The number of nitrogens with zero attached hydrogens (tertiary/aromatic N) is 4. The number of aromatic amines is 1. The van der Waals surface area contributed by atoms with Gasteiger partial charge >= 0.3 is 0 Å². The molecule has 0 aliphatic rings. The second-order valence-electron chi connectivity index (χ2n) is 5.98. The average molecular weight is 413 g/mol. The number of aromatic nitrogens is 3. The highest BCUT2D eigenvalue weighted by atomic mass is 32.1. The quantitative estimate of drug-likeness (QED) is 0.260. The molecule has 0 saturated carbocycles. The number of nitro benzene ring substituents is 1. The highest BCUT2D eigenvalue weighted by molar-refractivity contribution is 7.71. The van der Waals surface area contributed by atoms with Crippen molar-refractivity contribution in [3.8, 4) is 11.5 Å². The van der Waals surface area contributed by atoms with Gasteiger partial charge in [0.25, 0.3) is 5.69 Å². The summed E-state index contributed by atoms with van der Waals surface area (Å²) in [6, 6.07) is 11.6. The van der Waals surface area contributed by atoms with Gasteiger partial charge in [-0.15, -0.1) is 0 Å². The highest BCUT2D eigenvalue weighted by Crippen LogP contribution is 2.28. The minimum atomic E-state index is -0.436. The summed E-state index contributed by atoms with van der Waals surface area (Å²) in [5.41, 5.74) is 1.65. The number of nitro groups is 1. The number of hydrogen-bond donors (Lipinski definition) is 1. The zero-order chi connectivity index (χ0) is 20.8. The van der Waals surface area contributed by atoms with Gasteiger partial charge in [-0.25, -0.2) is 0 Å². The molecule has 1 N–H and O–H groups in total. The Morgan fingerprint density at radius 3 is 2.69 bits per heavy atom. The van der Waals surface area contributed by atoms with Gasteiger partial charge in [0.2, 0.25) is 4.77 Å². The minimum Gasteiger partial charge on any atom is -0.493 e. The molecule has 10 heteroatoms. The molecule has 0 unspecified atom stereocenters. The summed E-state index contributed by atoms with van der Waals surface area (Å²) in [6.45, 7) is 2.23. The van der Waals surface area contributed by atoms with E-state index in [0.29, 0.717) is 22.7 Å². The summed E-state index contributed by atoms with van der Waals surface area (Å²) in [5.74, 6) is 1.83. The standard InChI is InChI=1S/C19H19N5O4S/c1-3-18-21-22-19(29)23(18)20-11-14-6-9-16(17(10-14)27-2)28-12-13-4-7-15(8-5-13)24(25)26/h4-11H,3,12H2,1-2H3,(H,22,29)/b20-11-. The molecule has 9 nitrogen and oxygen atoms in total. The maximum absolute atomic E-state index is 10.7. The van der Waals surface area contributed by atoms with Crippen LogP contribution in [0.5, 0.6) is 11.5 Å². The van der Waals surface area contributed by atoms with Gasteiger partial charge in [0.15, 0.2) is 17.3 Å². The number of benzene rings is 2. The summed E-state index contributed by atoms with van der Waals surface area (Å²) < 4.78 is 13.2. The lowest BCUT2D eigenvalue weighted by molar-refractivity contribution is -0.384. The van der Waals surface area contributed by atoms with E-state index in [1.807, 2.05) is 13.0 Å². The van der Waals surface area contributed by atoms with Crippen molar-refractivity contribution in [2.45, 2.75) is 20.0 Å². The molecular weight excluding hydrogens is 394 g/mol. The number of hydrogen-bond acceptors (Lipinski definition) is 7. The molecule has 0 bridgehead atoms. The van der Waals surface area contributed by atoms with Gasteiger partial charge in [0, 0.05) is 18.6 Å². The largest absolute Gasteiger partial charge is 0.493 e. The van der Waals surface area contributed by atoms with Gasteiger partial charge < -0.3 is 9.47 Å². The average Bonchev–Trinajstić information content (AvgIpc) is 3.10.